The molecule has 8 heavy (non-hydrogen) atoms. The SMILES string of the molecule is [B]C1CCNC([B])N1. The molecule has 0 aromatic carbocycles. The van der Waals surface area contributed by atoms with Gasteiger partial charge in [0.05, 0.1) is 7.85 Å². The van der Waals surface area contributed by atoms with Crippen molar-refractivity contribution in [1.82, 2.24) is 10.6 Å². The average Bonchev–Trinajstić information content (AvgIpc) is 1.64. The molecule has 0 spiro atoms. The van der Waals surface area contributed by atoms with Crippen LogP contribution in [0.5, 0.6) is 0 Å². The van der Waals surface area contributed by atoms with Gasteiger partial charge in [0, 0.05) is 6.07 Å². The molecule has 1 saturated heterocycles. The van der Waals surface area contributed by atoms with Gasteiger partial charge in [0.2, 0.25) is 0 Å². The third kappa shape index (κ3) is 1.53. The Morgan fingerprint density at radius 3 is 2.50 bits per heavy atom. The quantitative estimate of drug-likeness (QED) is 0.367. The van der Waals surface area contributed by atoms with Crippen LogP contribution in [0.3, 0.4) is 0 Å². The molecule has 0 bridgehead atoms. The lowest BCUT2D eigenvalue weighted by atomic mass is 9.88. The Labute approximate surface area is 52.2 Å². The standard InChI is InChI=1S/C4H8B2N2/c5-3-1-2-7-4(6)8-3/h3-4,7-8H,1-2H2. The molecule has 1 aliphatic rings. The van der Waals surface area contributed by atoms with Gasteiger partial charge in [0.25, 0.3) is 0 Å². The van der Waals surface area contributed by atoms with Gasteiger partial charge in [-0.3, -0.25) is 0 Å². The third-order valence-electron chi connectivity index (χ3n) is 1.21. The molecular formula is C4H8B2N2. The summed E-state index contributed by atoms with van der Waals surface area (Å²) in [5.74, 6) is 0.0752. The summed E-state index contributed by atoms with van der Waals surface area (Å²) in [5, 5.41) is 5.92. The van der Waals surface area contributed by atoms with Crippen LogP contribution < -0.4 is 10.6 Å². The molecule has 0 aromatic rings. The van der Waals surface area contributed by atoms with E-state index in [0.29, 0.717) is 0 Å². The van der Waals surface area contributed by atoms with Gasteiger partial charge >= 0.3 is 0 Å². The molecule has 2 N–H and O–H groups in total. The van der Waals surface area contributed by atoms with Crippen molar-refractivity contribution in [3.05, 3.63) is 0 Å². The van der Waals surface area contributed by atoms with E-state index in [2.05, 4.69) is 10.6 Å². The second-order valence-corrected chi connectivity index (χ2v) is 1.99. The fourth-order valence-electron chi connectivity index (χ4n) is 0.767. The first-order valence-electron chi connectivity index (χ1n) is 2.79. The van der Waals surface area contributed by atoms with Crippen molar-refractivity contribution in [2.24, 2.45) is 0 Å². The summed E-state index contributed by atoms with van der Waals surface area (Å²) >= 11 is 0. The average molecular weight is 106 g/mol. The van der Waals surface area contributed by atoms with E-state index in [1.54, 1.807) is 0 Å². The molecule has 1 heterocycles. The Morgan fingerprint density at radius 2 is 2.12 bits per heavy atom. The monoisotopic (exact) mass is 106 g/mol. The summed E-state index contributed by atoms with van der Waals surface area (Å²) in [4.78, 5) is 0. The van der Waals surface area contributed by atoms with Crippen LogP contribution in [0.25, 0.3) is 0 Å². The highest BCUT2D eigenvalue weighted by atomic mass is 15.1. The summed E-state index contributed by atoms with van der Waals surface area (Å²) in [7, 11) is 10.9. The van der Waals surface area contributed by atoms with Crippen LogP contribution in [0.15, 0.2) is 0 Å². The molecule has 4 radical (unpaired) electrons. The zero-order chi connectivity index (χ0) is 5.98. The first-order valence-corrected chi connectivity index (χ1v) is 2.79. The second kappa shape index (κ2) is 2.55. The van der Waals surface area contributed by atoms with E-state index in [0.717, 1.165) is 13.0 Å². The third-order valence-corrected chi connectivity index (χ3v) is 1.21. The molecule has 0 saturated carbocycles. The Balaban J connectivity index is 2.23. The molecule has 4 heteroatoms. The maximum absolute atomic E-state index is 5.49. The van der Waals surface area contributed by atoms with Crippen molar-refractivity contribution in [3.8, 4) is 0 Å². The Hall–Kier alpha value is 0.0499. The van der Waals surface area contributed by atoms with Crippen molar-refractivity contribution < 1.29 is 0 Å². The fourth-order valence-corrected chi connectivity index (χ4v) is 0.767. The van der Waals surface area contributed by atoms with Crippen LogP contribution in [0.2, 0.25) is 0 Å². The van der Waals surface area contributed by atoms with Crippen molar-refractivity contribution >= 4 is 15.7 Å². The van der Waals surface area contributed by atoms with E-state index in [1.165, 1.54) is 0 Å². The molecule has 1 rings (SSSR count). The second-order valence-electron chi connectivity index (χ2n) is 1.99. The summed E-state index contributed by atoms with van der Waals surface area (Å²) in [5.41, 5.74) is 0. The first-order chi connectivity index (χ1) is 3.79. The number of nitrogens with one attached hydrogen (secondary N) is 2. The smallest absolute Gasteiger partial charge is 0.112 e. The zero-order valence-corrected chi connectivity index (χ0v) is 4.72. The Morgan fingerprint density at radius 1 is 1.38 bits per heavy atom. The van der Waals surface area contributed by atoms with Gasteiger partial charge < -0.3 is 10.6 Å². The molecular weight excluding hydrogens is 97.7 g/mol. The van der Waals surface area contributed by atoms with E-state index in [4.69, 9.17) is 15.7 Å². The van der Waals surface area contributed by atoms with Crippen molar-refractivity contribution in [1.29, 1.82) is 0 Å². The van der Waals surface area contributed by atoms with Crippen molar-refractivity contribution in [2.75, 3.05) is 6.54 Å². The lowest BCUT2D eigenvalue weighted by Crippen LogP contribution is -2.54. The number of rotatable bonds is 0. The minimum Gasteiger partial charge on any atom is -0.316 e. The molecule has 0 aromatic heterocycles. The van der Waals surface area contributed by atoms with Gasteiger partial charge in [-0.2, -0.15) is 0 Å². The van der Waals surface area contributed by atoms with Gasteiger partial charge in [0.15, 0.2) is 0 Å². The van der Waals surface area contributed by atoms with E-state index >= 15 is 0 Å². The maximum Gasteiger partial charge on any atom is 0.112 e. The molecule has 1 fully saturated rings. The number of hydrogen-bond donors (Lipinski definition) is 2. The molecule has 2 atom stereocenters. The van der Waals surface area contributed by atoms with E-state index in [9.17, 15) is 0 Å². The van der Waals surface area contributed by atoms with Crippen LogP contribution in [0.4, 0.5) is 0 Å². The lowest BCUT2D eigenvalue weighted by Gasteiger charge is -2.27. The van der Waals surface area contributed by atoms with Gasteiger partial charge in [-0.25, -0.2) is 0 Å². The Kier molecular flexibility index (Phi) is 1.97. The van der Waals surface area contributed by atoms with E-state index in [1.807, 2.05) is 0 Å². The van der Waals surface area contributed by atoms with Crippen LogP contribution in [-0.4, -0.2) is 34.2 Å². The maximum atomic E-state index is 5.49. The van der Waals surface area contributed by atoms with Gasteiger partial charge in [-0.1, -0.05) is 0 Å². The molecule has 40 valence electrons. The lowest BCUT2D eigenvalue weighted by molar-refractivity contribution is 0.429. The fraction of sp³-hybridized carbons (Fsp3) is 1.00. The summed E-state index contributed by atoms with van der Waals surface area (Å²) in [6.45, 7) is 0.912. The highest BCUT2D eigenvalue weighted by Crippen LogP contribution is 1.90. The number of hydrogen-bond acceptors (Lipinski definition) is 2. The highest BCUT2D eigenvalue weighted by Gasteiger charge is 2.10. The van der Waals surface area contributed by atoms with E-state index in [-0.39, 0.29) is 12.0 Å². The molecule has 0 amide bonds. The first kappa shape index (κ1) is 6.17. The molecule has 1 aliphatic heterocycles. The van der Waals surface area contributed by atoms with Gasteiger partial charge in [0.1, 0.15) is 7.85 Å². The zero-order valence-electron chi connectivity index (χ0n) is 4.72. The summed E-state index contributed by atoms with van der Waals surface area (Å²) in [6.07, 6.45) is 0.952. The minimum atomic E-state index is -0.112. The van der Waals surface area contributed by atoms with Crippen LogP contribution in [-0.2, 0) is 0 Å². The summed E-state index contributed by atoms with van der Waals surface area (Å²) < 4.78 is 0. The Bertz CT molecular complexity index is 70.4. The van der Waals surface area contributed by atoms with Crippen LogP contribution in [0.1, 0.15) is 6.42 Å². The molecule has 2 unspecified atom stereocenters. The van der Waals surface area contributed by atoms with E-state index < -0.39 is 0 Å². The molecule has 2 nitrogen and oxygen atoms in total. The van der Waals surface area contributed by atoms with Gasteiger partial charge in [-0.15, -0.1) is 0 Å². The largest absolute Gasteiger partial charge is 0.316 e. The summed E-state index contributed by atoms with van der Waals surface area (Å²) in [6, 6.07) is -0.112. The van der Waals surface area contributed by atoms with Crippen molar-refractivity contribution in [2.45, 2.75) is 18.4 Å². The van der Waals surface area contributed by atoms with Crippen molar-refractivity contribution in [3.63, 3.8) is 0 Å². The molecule has 0 aliphatic carbocycles. The predicted octanol–water partition coefficient (Wildman–Crippen LogP) is -1.48. The van der Waals surface area contributed by atoms with Crippen LogP contribution >= 0.6 is 0 Å². The van der Waals surface area contributed by atoms with Crippen LogP contribution in [0, 0.1) is 0 Å². The van der Waals surface area contributed by atoms with Gasteiger partial charge in [-0.05, 0) is 18.9 Å². The normalized spacial score (nSPS) is 39.5. The highest BCUT2D eigenvalue weighted by molar-refractivity contribution is 6.14. The predicted molar refractivity (Wildman–Crippen MR) is 34.8 cm³/mol. The minimum absolute atomic E-state index is 0.0752. The topological polar surface area (TPSA) is 24.1 Å².